The van der Waals surface area contributed by atoms with Crippen molar-refractivity contribution in [3.63, 3.8) is 0 Å². The van der Waals surface area contributed by atoms with Gasteiger partial charge in [0.15, 0.2) is 0 Å². The highest BCUT2D eigenvalue weighted by Gasteiger charge is 2.21. The Morgan fingerprint density at radius 1 is 1.35 bits per heavy atom. The molecule has 0 aliphatic carbocycles. The lowest BCUT2D eigenvalue weighted by Crippen LogP contribution is -2.05. The first-order chi connectivity index (χ1) is 8.10. The van der Waals surface area contributed by atoms with Crippen molar-refractivity contribution < 1.29 is 19.2 Å². The lowest BCUT2D eigenvalue weighted by molar-refractivity contribution is -0.385. The van der Waals surface area contributed by atoms with Gasteiger partial charge in [-0.15, -0.1) is 0 Å². The Hall–Kier alpha value is -1.76. The number of esters is 1. The van der Waals surface area contributed by atoms with Crippen molar-refractivity contribution in [2.24, 2.45) is 0 Å². The molecule has 0 atom stereocenters. The minimum absolute atomic E-state index is 0.0942. The second-order valence-corrected chi connectivity index (χ2v) is 2.63. The molecule has 0 saturated heterocycles. The maximum atomic E-state index is 11.2. The molecule has 6 nitrogen and oxygen atoms in total. The molecule has 0 aromatic heterocycles. The van der Waals surface area contributed by atoms with Crippen molar-refractivity contribution in [2.75, 3.05) is 20.5 Å². The van der Waals surface area contributed by atoms with Gasteiger partial charge >= 0.3 is 5.97 Å². The summed E-state index contributed by atoms with van der Waals surface area (Å²) in [6.45, 7) is 0. The van der Waals surface area contributed by atoms with E-state index >= 15 is 0 Å². The van der Waals surface area contributed by atoms with Crippen LogP contribution in [0.4, 0.5) is 5.69 Å². The average Bonchev–Trinajstić information content (AvgIpc) is 2.39. The average molecular weight is 259 g/mol. The second-order valence-electron chi connectivity index (χ2n) is 2.63. The zero-order valence-electron chi connectivity index (χ0n) is 9.67. The van der Waals surface area contributed by atoms with Gasteiger partial charge in [0.25, 0.3) is 5.69 Å². The third-order valence-electron chi connectivity index (χ3n) is 1.81. The van der Waals surface area contributed by atoms with Crippen LogP contribution in [0, 0.1) is 10.1 Å². The van der Waals surface area contributed by atoms with E-state index in [0.29, 0.717) is 5.75 Å². The standard InChI is InChI=1S/C9H9NO5.CH4S/c1-14-6-3-4-7(9(11)15-2)8(5-6)10(12)13;1-2/h3-5H,1-2H3;2H,1H3. The molecule has 7 heteroatoms. The predicted octanol–water partition coefficient (Wildman–Crippen LogP) is 1.94. The Balaban J connectivity index is 0.00000121. The molecule has 0 bridgehead atoms. The van der Waals surface area contributed by atoms with E-state index in [1.54, 1.807) is 6.26 Å². The van der Waals surface area contributed by atoms with Crippen molar-refractivity contribution >= 4 is 24.3 Å². The first kappa shape index (κ1) is 15.2. The molecule has 0 fully saturated rings. The van der Waals surface area contributed by atoms with Gasteiger partial charge < -0.3 is 9.47 Å². The van der Waals surface area contributed by atoms with Crippen LogP contribution in [-0.2, 0) is 4.74 Å². The third kappa shape index (κ3) is 3.95. The summed E-state index contributed by atoms with van der Waals surface area (Å²) in [5, 5.41) is 10.7. The monoisotopic (exact) mass is 259 g/mol. The number of methoxy groups -OCH3 is 2. The van der Waals surface area contributed by atoms with E-state index in [1.807, 2.05) is 0 Å². The first-order valence-corrected chi connectivity index (χ1v) is 5.35. The topological polar surface area (TPSA) is 78.7 Å². The van der Waals surface area contributed by atoms with Gasteiger partial charge in [-0.25, -0.2) is 4.79 Å². The molecule has 0 unspecified atom stereocenters. The third-order valence-corrected chi connectivity index (χ3v) is 1.81. The van der Waals surface area contributed by atoms with Crippen LogP contribution in [0.5, 0.6) is 5.75 Å². The fourth-order valence-electron chi connectivity index (χ4n) is 1.07. The van der Waals surface area contributed by atoms with Gasteiger partial charge in [-0.3, -0.25) is 10.1 Å². The van der Waals surface area contributed by atoms with Crippen LogP contribution in [0.3, 0.4) is 0 Å². The molecule has 0 saturated carbocycles. The number of carbonyl (C=O) groups excluding carboxylic acids is 1. The molecule has 1 rings (SSSR count). The number of nitro benzene ring substituents is 1. The zero-order chi connectivity index (χ0) is 13.4. The minimum Gasteiger partial charge on any atom is -0.497 e. The molecule has 0 aliphatic rings. The number of nitro groups is 1. The highest BCUT2D eigenvalue weighted by molar-refractivity contribution is 7.79. The molecule has 1 aromatic rings. The van der Waals surface area contributed by atoms with Crippen LogP contribution in [0.15, 0.2) is 18.2 Å². The van der Waals surface area contributed by atoms with E-state index in [-0.39, 0.29) is 11.3 Å². The van der Waals surface area contributed by atoms with Crippen LogP contribution in [0.25, 0.3) is 0 Å². The smallest absolute Gasteiger partial charge is 0.344 e. The SMILES string of the molecule is COC(=O)c1ccc(OC)cc1[N+](=O)[O-].CS. The molecular formula is C10H13NO5S. The lowest BCUT2D eigenvalue weighted by atomic mass is 10.2. The van der Waals surface area contributed by atoms with Gasteiger partial charge in [-0.1, -0.05) is 0 Å². The van der Waals surface area contributed by atoms with Crippen molar-refractivity contribution in [3.8, 4) is 5.75 Å². The summed E-state index contributed by atoms with van der Waals surface area (Å²) in [6, 6.07) is 3.92. The number of hydrogen-bond acceptors (Lipinski definition) is 6. The number of benzene rings is 1. The zero-order valence-corrected chi connectivity index (χ0v) is 10.6. The van der Waals surface area contributed by atoms with E-state index in [4.69, 9.17) is 4.74 Å². The molecule has 17 heavy (non-hydrogen) atoms. The van der Waals surface area contributed by atoms with Crippen molar-refractivity contribution in [1.29, 1.82) is 0 Å². The Morgan fingerprint density at radius 3 is 2.35 bits per heavy atom. The largest absolute Gasteiger partial charge is 0.497 e. The van der Waals surface area contributed by atoms with Crippen LogP contribution in [0.2, 0.25) is 0 Å². The summed E-state index contributed by atoms with van der Waals surface area (Å²) in [5.74, 6) is -0.432. The first-order valence-electron chi connectivity index (χ1n) is 4.45. The van der Waals surface area contributed by atoms with Gasteiger partial charge in [-0.05, 0) is 18.4 Å². The van der Waals surface area contributed by atoms with Gasteiger partial charge in [0.2, 0.25) is 0 Å². The Labute approximate surface area is 104 Å². The molecule has 0 amide bonds. The molecular weight excluding hydrogens is 246 g/mol. The summed E-state index contributed by atoms with van der Waals surface area (Å²) < 4.78 is 9.23. The van der Waals surface area contributed by atoms with Gasteiger partial charge in [-0.2, -0.15) is 12.6 Å². The summed E-state index contributed by atoms with van der Waals surface area (Å²) in [4.78, 5) is 21.2. The van der Waals surface area contributed by atoms with Crippen molar-refractivity contribution in [3.05, 3.63) is 33.9 Å². The molecule has 0 radical (unpaired) electrons. The van der Waals surface area contributed by atoms with Gasteiger partial charge in [0.1, 0.15) is 11.3 Å². The van der Waals surface area contributed by atoms with Gasteiger partial charge in [0, 0.05) is 0 Å². The molecule has 94 valence electrons. The van der Waals surface area contributed by atoms with Crippen LogP contribution in [0.1, 0.15) is 10.4 Å². The Bertz CT molecular complexity index is 408. The highest BCUT2D eigenvalue weighted by atomic mass is 32.1. The molecule has 0 aliphatic heterocycles. The van der Waals surface area contributed by atoms with Crippen LogP contribution >= 0.6 is 12.6 Å². The Kier molecular flexibility index (Phi) is 6.73. The number of carbonyl (C=O) groups is 1. The summed E-state index contributed by atoms with van der Waals surface area (Å²) >= 11 is 3.53. The van der Waals surface area contributed by atoms with E-state index in [2.05, 4.69) is 17.4 Å². The number of nitrogens with zero attached hydrogens (tertiary/aromatic N) is 1. The predicted molar refractivity (Wildman–Crippen MR) is 65.9 cm³/mol. The molecule has 0 N–H and O–H groups in total. The second kappa shape index (κ2) is 7.50. The van der Waals surface area contributed by atoms with E-state index in [9.17, 15) is 14.9 Å². The number of rotatable bonds is 3. The maximum absolute atomic E-state index is 11.2. The quantitative estimate of drug-likeness (QED) is 0.388. The number of ether oxygens (including phenoxy) is 2. The molecule has 0 spiro atoms. The van der Waals surface area contributed by atoms with E-state index < -0.39 is 10.9 Å². The fourth-order valence-corrected chi connectivity index (χ4v) is 1.07. The minimum atomic E-state index is -0.746. The van der Waals surface area contributed by atoms with Crippen molar-refractivity contribution in [2.45, 2.75) is 0 Å². The normalized spacial score (nSPS) is 8.71. The fraction of sp³-hybridized carbons (Fsp3) is 0.300. The maximum Gasteiger partial charge on any atom is 0.344 e. The summed E-state index contributed by atoms with van der Waals surface area (Å²) in [6.07, 6.45) is 1.69. The summed E-state index contributed by atoms with van der Waals surface area (Å²) in [7, 11) is 2.55. The molecule has 1 aromatic carbocycles. The lowest BCUT2D eigenvalue weighted by Gasteiger charge is -2.03. The molecule has 0 heterocycles. The van der Waals surface area contributed by atoms with Gasteiger partial charge in [0.05, 0.1) is 25.2 Å². The highest BCUT2D eigenvalue weighted by Crippen LogP contribution is 2.24. The van der Waals surface area contributed by atoms with E-state index in [1.165, 1.54) is 25.3 Å². The van der Waals surface area contributed by atoms with Crippen LogP contribution in [-0.4, -0.2) is 31.4 Å². The number of thiol groups is 1. The summed E-state index contributed by atoms with van der Waals surface area (Å²) in [5.41, 5.74) is -0.426. The van der Waals surface area contributed by atoms with E-state index in [0.717, 1.165) is 7.11 Å². The van der Waals surface area contributed by atoms with Crippen molar-refractivity contribution in [1.82, 2.24) is 0 Å². The number of hydrogen-bond donors (Lipinski definition) is 1. The Morgan fingerprint density at radius 2 is 1.94 bits per heavy atom. The van der Waals surface area contributed by atoms with Crippen LogP contribution < -0.4 is 4.74 Å².